The van der Waals surface area contributed by atoms with Crippen LogP contribution in [0, 0.1) is 6.08 Å². The molecule has 0 heteroatoms. The van der Waals surface area contributed by atoms with Crippen LogP contribution in [0.3, 0.4) is 0 Å². The van der Waals surface area contributed by atoms with Gasteiger partial charge in [-0.05, 0) is 18.9 Å². The molecule has 0 saturated carbocycles. The van der Waals surface area contributed by atoms with Gasteiger partial charge in [0.1, 0.15) is 0 Å². The molecule has 0 aliphatic carbocycles. The first-order chi connectivity index (χ1) is 3.41. The molecule has 0 atom stereocenters. The number of rotatable bonds is 3. The summed E-state index contributed by atoms with van der Waals surface area (Å²) in [7, 11) is 0. The highest BCUT2D eigenvalue weighted by molar-refractivity contribution is 4.70. The van der Waals surface area contributed by atoms with E-state index in [1.54, 1.807) is 0 Å². The molecule has 0 aliphatic heterocycles. The Labute approximate surface area is 46.2 Å². The summed E-state index contributed by atoms with van der Waals surface area (Å²) in [5, 5.41) is 0. The summed E-state index contributed by atoms with van der Waals surface area (Å²) in [6, 6.07) is 0. The third-order valence-electron chi connectivity index (χ3n) is 0.743. The van der Waals surface area contributed by atoms with Crippen LogP contribution < -0.4 is 0 Å². The first kappa shape index (κ1) is 6.74. The maximum Gasteiger partial charge on any atom is -0.0282 e. The van der Waals surface area contributed by atoms with Crippen molar-refractivity contribution >= 4 is 0 Å². The van der Waals surface area contributed by atoms with Gasteiger partial charge in [-0.2, -0.15) is 0 Å². The van der Waals surface area contributed by atoms with Gasteiger partial charge in [0.2, 0.25) is 0 Å². The van der Waals surface area contributed by atoms with Crippen molar-refractivity contribution in [1.29, 1.82) is 0 Å². The van der Waals surface area contributed by atoms with Crippen LogP contribution in [0.1, 0.15) is 33.1 Å². The monoisotopic (exact) mass is 97.1 g/mol. The number of hydrogen-bond donors (Lipinski definition) is 0. The molecule has 1 radical (unpaired) electrons. The Morgan fingerprint density at radius 1 is 1.43 bits per heavy atom. The summed E-state index contributed by atoms with van der Waals surface area (Å²) in [4.78, 5) is 0. The molecule has 0 heterocycles. The normalized spacial score (nSPS) is 10.6. The zero-order valence-corrected chi connectivity index (χ0v) is 5.20. The van der Waals surface area contributed by atoms with E-state index in [0.29, 0.717) is 0 Å². The van der Waals surface area contributed by atoms with Crippen LogP contribution in [-0.2, 0) is 0 Å². The van der Waals surface area contributed by atoms with Crippen LogP contribution in [-0.4, -0.2) is 0 Å². The lowest BCUT2D eigenvalue weighted by Gasteiger charge is -1.78. The first-order valence-electron chi connectivity index (χ1n) is 2.96. The van der Waals surface area contributed by atoms with Crippen molar-refractivity contribution in [3.05, 3.63) is 12.2 Å². The van der Waals surface area contributed by atoms with Crippen LogP contribution in [0.4, 0.5) is 0 Å². The molecule has 0 rings (SSSR count). The Balaban J connectivity index is 2.78. The summed E-state index contributed by atoms with van der Waals surface area (Å²) in [5.41, 5.74) is 0. The van der Waals surface area contributed by atoms with Crippen molar-refractivity contribution in [3.8, 4) is 0 Å². The van der Waals surface area contributed by atoms with Crippen molar-refractivity contribution in [1.82, 2.24) is 0 Å². The summed E-state index contributed by atoms with van der Waals surface area (Å²) in [6.07, 6.45) is 8.71. The van der Waals surface area contributed by atoms with Crippen LogP contribution in [0.5, 0.6) is 0 Å². The second kappa shape index (κ2) is 5.74. The predicted molar refractivity (Wildman–Crippen MR) is 33.0 cm³/mol. The van der Waals surface area contributed by atoms with Crippen molar-refractivity contribution in [2.45, 2.75) is 33.1 Å². The number of unbranched alkanes of at least 4 members (excludes halogenated alkanes) is 1. The van der Waals surface area contributed by atoms with Gasteiger partial charge in [-0.25, -0.2) is 0 Å². The molecular weight excluding hydrogens is 84.1 g/mol. The maximum atomic E-state index is 3.16. The van der Waals surface area contributed by atoms with Gasteiger partial charge in [-0.3, -0.25) is 0 Å². The standard InChI is InChI=1S/C7H13/c1-3-5-7-6-4-2/h5H,3-4,6H2,1-2H3. The zero-order valence-electron chi connectivity index (χ0n) is 5.20. The van der Waals surface area contributed by atoms with E-state index in [9.17, 15) is 0 Å². The van der Waals surface area contributed by atoms with Gasteiger partial charge >= 0.3 is 0 Å². The molecule has 0 unspecified atom stereocenters. The van der Waals surface area contributed by atoms with Crippen molar-refractivity contribution in [2.24, 2.45) is 0 Å². The van der Waals surface area contributed by atoms with Gasteiger partial charge in [0.25, 0.3) is 0 Å². The van der Waals surface area contributed by atoms with Crippen LogP contribution in [0.25, 0.3) is 0 Å². The molecule has 0 fully saturated rings. The fourth-order valence-electron chi connectivity index (χ4n) is 0.391. The molecule has 0 nitrogen and oxygen atoms in total. The molecule has 7 heavy (non-hydrogen) atoms. The minimum atomic E-state index is 1.12. The summed E-state index contributed by atoms with van der Waals surface area (Å²) < 4.78 is 0. The van der Waals surface area contributed by atoms with Crippen molar-refractivity contribution in [2.75, 3.05) is 0 Å². The predicted octanol–water partition coefficient (Wildman–Crippen LogP) is 2.56. The Kier molecular flexibility index (Phi) is 5.53. The number of hydrogen-bond acceptors (Lipinski definition) is 0. The number of allylic oxidation sites excluding steroid dienone is 2. The van der Waals surface area contributed by atoms with E-state index >= 15 is 0 Å². The molecule has 0 N–H and O–H groups in total. The maximum absolute atomic E-state index is 3.16. The zero-order chi connectivity index (χ0) is 5.54. The molecule has 0 amide bonds. The van der Waals surface area contributed by atoms with Gasteiger partial charge in [0, 0.05) is 0 Å². The van der Waals surface area contributed by atoms with Gasteiger partial charge in [0.15, 0.2) is 0 Å². The highest BCUT2D eigenvalue weighted by Gasteiger charge is 1.69. The van der Waals surface area contributed by atoms with E-state index in [2.05, 4.69) is 26.0 Å². The van der Waals surface area contributed by atoms with E-state index in [1.165, 1.54) is 6.42 Å². The molecule has 0 bridgehead atoms. The van der Waals surface area contributed by atoms with Gasteiger partial charge < -0.3 is 0 Å². The SMILES string of the molecule is CCC=[C]CCC. The fraction of sp³-hybridized carbons (Fsp3) is 0.714. The van der Waals surface area contributed by atoms with Gasteiger partial charge in [-0.15, -0.1) is 0 Å². The van der Waals surface area contributed by atoms with Crippen LogP contribution in [0.2, 0.25) is 0 Å². The summed E-state index contributed by atoms with van der Waals surface area (Å²) >= 11 is 0. The molecule has 0 aromatic heterocycles. The molecule has 0 aliphatic rings. The van der Waals surface area contributed by atoms with E-state index in [0.717, 1.165) is 12.8 Å². The lowest BCUT2D eigenvalue weighted by atomic mass is 10.3. The molecule has 41 valence electrons. The van der Waals surface area contributed by atoms with Crippen LogP contribution in [0.15, 0.2) is 6.08 Å². The third kappa shape index (κ3) is 5.74. The smallest absolute Gasteiger partial charge is 0.0282 e. The van der Waals surface area contributed by atoms with Crippen molar-refractivity contribution < 1.29 is 0 Å². The first-order valence-corrected chi connectivity index (χ1v) is 2.96. The third-order valence-corrected chi connectivity index (χ3v) is 0.743. The summed E-state index contributed by atoms with van der Waals surface area (Å²) in [5.74, 6) is 0. The Morgan fingerprint density at radius 3 is 2.57 bits per heavy atom. The molecule has 0 saturated heterocycles. The van der Waals surface area contributed by atoms with Crippen molar-refractivity contribution in [3.63, 3.8) is 0 Å². The van der Waals surface area contributed by atoms with Crippen LogP contribution >= 0.6 is 0 Å². The Bertz CT molecular complexity index is 44.0. The summed E-state index contributed by atoms with van der Waals surface area (Å²) in [6.45, 7) is 4.29. The van der Waals surface area contributed by atoms with E-state index in [1.807, 2.05) is 0 Å². The second-order valence-electron chi connectivity index (χ2n) is 1.57. The van der Waals surface area contributed by atoms with Gasteiger partial charge in [-0.1, -0.05) is 26.3 Å². The average Bonchev–Trinajstić information content (AvgIpc) is 1.69. The topological polar surface area (TPSA) is 0 Å². The molecule has 0 spiro atoms. The second-order valence-corrected chi connectivity index (χ2v) is 1.57. The Morgan fingerprint density at radius 2 is 2.14 bits per heavy atom. The van der Waals surface area contributed by atoms with E-state index in [4.69, 9.17) is 0 Å². The molecule has 0 aromatic rings. The average molecular weight is 97.2 g/mol. The van der Waals surface area contributed by atoms with E-state index < -0.39 is 0 Å². The molecular formula is C7H13. The van der Waals surface area contributed by atoms with Gasteiger partial charge in [0.05, 0.1) is 0 Å². The highest BCUT2D eigenvalue weighted by atomic mass is 13.7. The minimum absolute atomic E-state index is 1.12. The fourth-order valence-corrected chi connectivity index (χ4v) is 0.391. The highest BCUT2D eigenvalue weighted by Crippen LogP contribution is 1.87. The largest absolute Gasteiger partial charge is 0.0813 e. The minimum Gasteiger partial charge on any atom is -0.0813 e. The molecule has 0 aromatic carbocycles. The lowest BCUT2D eigenvalue weighted by Crippen LogP contribution is -1.60. The quantitative estimate of drug-likeness (QED) is 0.507. The van der Waals surface area contributed by atoms with E-state index in [-0.39, 0.29) is 0 Å². The lowest BCUT2D eigenvalue weighted by molar-refractivity contribution is 0.931. The Hall–Kier alpha value is -0.260.